The van der Waals surface area contributed by atoms with Crippen LogP contribution in [0.15, 0.2) is 30.9 Å². The summed E-state index contributed by atoms with van der Waals surface area (Å²) < 4.78 is 10.0. The molecule has 0 aliphatic heterocycles. The van der Waals surface area contributed by atoms with Gasteiger partial charge < -0.3 is 20.9 Å². The fourth-order valence-electron chi connectivity index (χ4n) is 1.85. The SMILES string of the molecule is C=CC(=O)OCCCCCCOC(=O)c1c(N)cccc1N. The maximum absolute atomic E-state index is 11.9. The number of rotatable bonds is 9. The van der Waals surface area contributed by atoms with Gasteiger partial charge in [0.25, 0.3) is 0 Å². The fraction of sp³-hybridized carbons (Fsp3) is 0.375. The summed E-state index contributed by atoms with van der Waals surface area (Å²) in [4.78, 5) is 22.7. The van der Waals surface area contributed by atoms with Crippen LogP contribution in [0.5, 0.6) is 0 Å². The fourth-order valence-corrected chi connectivity index (χ4v) is 1.85. The second-order valence-electron chi connectivity index (χ2n) is 4.73. The van der Waals surface area contributed by atoms with Crippen molar-refractivity contribution in [2.24, 2.45) is 0 Å². The zero-order valence-electron chi connectivity index (χ0n) is 12.5. The van der Waals surface area contributed by atoms with E-state index in [9.17, 15) is 9.59 Å². The first-order valence-corrected chi connectivity index (χ1v) is 7.16. The van der Waals surface area contributed by atoms with Crippen LogP contribution in [0.2, 0.25) is 0 Å². The summed E-state index contributed by atoms with van der Waals surface area (Å²) in [6.07, 6.45) is 4.40. The molecule has 0 fully saturated rings. The van der Waals surface area contributed by atoms with Gasteiger partial charge in [0.05, 0.1) is 13.2 Å². The van der Waals surface area contributed by atoms with Crippen LogP contribution < -0.4 is 11.5 Å². The highest BCUT2D eigenvalue weighted by Crippen LogP contribution is 2.20. The Morgan fingerprint density at radius 3 is 2.09 bits per heavy atom. The number of carbonyl (C=O) groups excluding carboxylic acids is 2. The third kappa shape index (κ3) is 5.87. The van der Waals surface area contributed by atoms with Crippen LogP contribution in [0, 0.1) is 0 Å². The number of hydrogen-bond donors (Lipinski definition) is 2. The number of esters is 2. The minimum atomic E-state index is -0.504. The molecule has 1 aromatic carbocycles. The van der Waals surface area contributed by atoms with Crippen LogP contribution in [0.25, 0.3) is 0 Å². The van der Waals surface area contributed by atoms with E-state index < -0.39 is 11.9 Å². The first-order valence-electron chi connectivity index (χ1n) is 7.16. The molecule has 1 rings (SSSR count). The number of nitrogen functional groups attached to an aromatic ring is 2. The van der Waals surface area contributed by atoms with E-state index in [4.69, 9.17) is 20.9 Å². The van der Waals surface area contributed by atoms with E-state index in [0.29, 0.717) is 24.6 Å². The molecule has 0 aliphatic carbocycles. The summed E-state index contributed by atoms with van der Waals surface area (Å²) in [5, 5.41) is 0. The maximum atomic E-state index is 11.9. The molecule has 0 radical (unpaired) electrons. The molecule has 0 aliphatic rings. The molecule has 0 atom stereocenters. The molecule has 4 N–H and O–H groups in total. The van der Waals surface area contributed by atoms with Crippen LogP contribution >= 0.6 is 0 Å². The topological polar surface area (TPSA) is 105 Å². The number of nitrogens with two attached hydrogens (primary N) is 2. The zero-order valence-corrected chi connectivity index (χ0v) is 12.5. The second-order valence-corrected chi connectivity index (χ2v) is 4.73. The number of unbranched alkanes of at least 4 members (excludes halogenated alkanes) is 3. The quantitative estimate of drug-likeness (QED) is 0.314. The first-order chi connectivity index (χ1) is 10.6. The molecule has 6 heteroatoms. The number of benzene rings is 1. The van der Waals surface area contributed by atoms with E-state index >= 15 is 0 Å². The monoisotopic (exact) mass is 306 g/mol. The molecule has 1 aromatic rings. The largest absolute Gasteiger partial charge is 0.463 e. The Balaban J connectivity index is 2.16. The lowest BCUT2D eigenvalue weighted by Gasteiger charge is -2.09. The maximum Gasteiger partial charge on any atom is 0.342 e. The molecule has 6 nitrogen and oxygen atoms in total. The van der Waals surface area contributed by atoms with E-state index in [1.807, 2.05) is 0 Å². The second kappa shape index (κ2) is 9.44. The standard InChI is InChI=1S/C16H22N2O4/c1-2-14(19)21-10-5-3-4-6-11-22-16(20)15-12(17)8-7-9-13(15)18/h2,7-9H,1,3-6,10-11,17-18H2. The van der Waals surface area contributed by atoms with Gasteiger partial charge >= 0.3 is 11.9 Å². The van der Waals surface area contributed by atoms with Crippen molar-refractivity contribution in [2.45, 2.75) is 25.7 Å². The molecule has 0 spiro atoms. The van der Waals surface area contributed by atoms with Crippen molar-refractivity contribution in [1.82, 2.24) is 0 Å². The molecule has 0 saturated carbocycles. The molecule has 0 saturated heterocycles. The lowest BCUT2D eigenvalue weighted by molar-refractivity contribution is -0.137. The molecule has 0 heterocycles. The highest BCUT2D eigenvalue weighted by molar-refractivity contribution is 6.00. The summed E-state index contributed by atoms with van der Waals surface area (Å²) >= 11 is 0. The Hall–Kier alpha value is -2.50. The molecular weight excluding hydrogens is 284 g/mol. The van der Waals surface area contributed by atoms with Gasteiger partial charge in [-0.1, -0.05) is 12.6 Å². The van der Waals surface area contributed by atoms with E-state index in [-0.39, 0.29) is 5.56 Å². The van der Waals surface area contributed by atoms with Crippen LogP contribution in [0.3, 0.4) is 0 Å². The number of ether oxygens (including phenoxy) is 2. The van der Waals surface area contributed by atoms with Crippen molar-refractivity contribution in [1.29, 1.82) is 0 Å². The van der Waals surface area contributed by atoms with Crippen molar-refractivity contribution in [3.63, 3.8) is 0 Å². The summed E-state index contributed by atoms with van der Waals surface area (Å²) in [6, 6.07) is 4.90. The smallest absolute Gasteiger partial charge is 0.342 e. The van der Waals surface area contributed by atoms with Crippen molar-refractivity contribution >= 4 is 23.3 Å². The number of hydrogen-bond acceptors (Lipinski definition) is 6. The Morgan fingerprint density at radius 2 is 1.55 bits per heavy atom. The Bertz CT molecular complexity index is 509. The van der Waals surface area contributed by atoms with Crippen molar-refractivity contribution < 1.29 is 19.1 Å². The number of anilines is 2. The van der Waals surface area contributed by atoms with E-state index in [0.717, 1.165) is 31.8 Å². The lowest BCUT2D eigenvalue weighted by atomic mass is 10.1. The van der Waals surface area contributed by atoms with E-state index in [1.165, 1.54) is 0 Å². The lowest BCUT2D eigenvalue weighted by Crippen LogP contribution is -2.12. The van der Waals surface area contributed by atoms with Gasteiger partial charge in [-0.3, -0.25) is 0 Å². The van der Waals surface area contributed by atoms with Crippen molar-refractivity contribution in [3.8, 4) is 0 Å². The minimum Gasteiger partial charge on any atom is -0.463 e. The summed E-state index contributed by atoms with van der Waals surface area (Å²) in [6.45, 7) is 3.99. The van der Waals surface area contributed by atoms with Crippen LogP contribution in [-0.4, -0.2) is 25.2 Å². The van der Waals surface area contributed by atoms with Crippen LogP contribution in [0.4, 0.5) is 11.4 Å². The average molecular weight is 306 g/mol. The van der Waals surface area contributed by atoms with E-state index in [2.05, 4.69) is 6.58 Å². The highest BCUT2D eigenvalue weighted by Gasteiger charge is 2.14. The van der Waals surface area contributed by atoms with Crippen molar-refractivity contribution in [2.75, 3.05) is 24.7 Å². The molecule has 0 bridgehead atoms. The predicted octanol–water partition coefficient (Wildman–Crippen LogP) is 2.30. The van der Waals surface area contributed by atoms with Crippen LogP contribution in [0.1, 0.15) is 36.0 Å². The summed E-state index contributed by atoms with van der Waals surface area (Å²) in [5.74, 6) is -0.914. The molecule has 0 amide bonds. The Labute approximate surface area is 130 Å². The summed E-state index contributed by atoms with van der Waals surface area (Å²) in [5.41, 5.74) is 12.3. The Kier molecular flexibility index (Phi) is 7.53. The highest BCUT2D eigenvalue weighted by atomic mass is 16.5. The normalized spacial score (nSPS) is 10.0. The molecule has 120 valence electrons. The van der Waals surface area contributed by atoms with Gasteiger partial charge in [0.2, 0.25) is 0 Å². The van der Waals surface area contributed by atoms with Gasteiger partial charge in [-0.2, -0.15) is 0 Å². The van der Waals surface area contributed by atoms with Gasteiger partial charge in [0.15, 0.2) is 0 Å². The third-order valence-electron chi connectivity index (χ3n) is 3.02. The van der Waals surface area contributed by atoms with Crippen LogP contribution in [-0.2, 0) is 14.3 Å². The first kappa shape index (κ1) is 17.6. The van der Waals surface area contributed by atoms with E-state index in [1.54, 1.807) is 18.2 Å². The zero-order chi connectivity index (χ0) is 16.4. The van der Waals surface area contributed by atoms with Gasteiger partial charge in [0.1, 0.15) is 5.56 Å². The average Bonchev–Trinajstić information content (AvgIpc) is 2.49. The predicted molar refractivity (Wildman–Crippen MR) is 85.2 cm³/mol. The third-order valence-corrected chi connectivity index (χ3v) is 3.02. The van der Waals surface area contributed by atoms with Gasteiger partial charge in [-0.15, -0.1) is 0 Å². The van der Waals surface area contributed by atoms with Crippen molar-refractivity contribution in [3.05, 3.63) is 36.4 Å². The summed E-state index contributed by atoms with van der Waals surface area (Å²) in [7, 11) is 0. The number of carbonyl (C=O) groups is 2. The molecular formula is C16H22N2O4. The van der Waals surface area contributed by atoms with Gasteiger partial charge in [-0.05, 0) is 37.8 Å². The Morgan fingerprint density at radius 1 is 1.00 bits per heavy atom. The molecule has 22 heavy (non-hydrogen) atoms. The van der Waals surface area contributed by atoms with Gasteiger partial charge in [-0.25, -0.2) is 9.59 Å². The molecule has 0 aromatic heterocycles. The van der Waals surface area contributed by atoms with Gasteiger partial charge in [0, 0.05) is 17.5 Å². The minimum absolute atomic E-state index is 0.221. The molecule has 0 unspecified atom stereocenters.